The maximum Gasteiger partial charge on any atom is 0.330 e. The van der Waals surface area contributed by atoms with Gasteiger partial charge in [0.05, 0.1) is 17.2 Å². The van der Waals surface area contributed by atoms with E-state index in [1.165, 1.54) is 10.8 Å². The van der Waals surface area contributed by atoms with Crippen LogP contribution in [0.2, 0.25) is 36.3 Å². The van der Waals surface area contributed by atoms with Crippen LogP contribution >= 0.6 is 15.9 Å². The molecule has 3 atom stereocenters. The molecule has 1 aliphatic rings. The van der Waals surface area contributed by atoms with Crippen molar-refractivity contribution in [1.29, 1.82) is 0 Å². The van der Waals surface area contributed by atoms with Crippen molar-refractivity contribution in [2.45, 2.75) is 103 Å². The Bertz CT molecular complexity index is 899. The van der Waals surface area contributed by atoms with Gasteiger partial charge in [0.25, 0.3) is 5.56 Å². The topological polar surface area (TPSA) is 82.5 Å². The summed E-state index contributed by atoms with van der Waals surface area (Å²) in [5.41, 5.74) is -0.943. The maximum atomic E-state index is 12.4. The van der Waals surface area contributed by atoms with Gasteiger partial charge in [-0.3, -0.25) is 14.3 Å². The summed E-state index contributed by atoms with van der Waals surface area (Å²) in [5.74, 6) is 0. The van der Waals surface area contributed by atoms with Gasteiger partial charge in [0.1, 0.15) is 12.3 Å². The Morgan fingerprint density at radius 2 is 1.65 bits per heavy atom. The fraction of sp³-hybridized carbons (Fsp3) is 0.810. The number of nitrogens with zero attached hydrogens (tertiary/aromatic N) is 1. The number of nitrogens with one attached hydrogen (secondary N) is 1. The van der Waals surface area contributed by atoms with Gasteiger partial charge in [-0.15, -0.1) is 0 Å². The first-order chi connectivity index (χ1) is 13.9. The predicted octanol–water partition coefficient (Wildman–Crippen LogP) is 5.00. The van der Waals surface area contributed by atoms with Gasteiger partial charge in [0, 0.05) is 12.6 Å². The fourth-order valence-electron chi connectivity index (χ4n) is 2.88. The first kappa shape index (κ1) is 26.7. The SMILES string of the molecule is CC(C)(C)[Si](C)(C)OC[C@H]1O[C@@H](n2cc(Br)c(=O)[nH]c2=O)C[C@@H]1O[Si](C)(C)C(C)(C)C. The molecule has 1 aromatic heterocycles. The Hall–Kier alpha value is -0.526. The molecular formula is C21H39BrN2O5Si2. The average molecular weight is 536 g/mol. The first-order valence-corrected chi connectivity index (χ1v) is 17.4. The van der Waals surface area contributed by atoms with Crippen LogP contribution < -0.4 is 11.2 Å². The molecule has 0 aromatic carbocycles. The van der Waals surface area contributed by atoms with Crippen molar-refractivity contribution in [1.82, 2.24) is 9.55 Å². The predicted molar refractivity (Wildman–Crippen MR) is 133 cm³/mol. The van der Waals surface area contributed by atoms with Crippen LogP contribution in [0.15, 0.2) is 20.3 Å². The van der Waals surface area contributed by atoms with E-state index in [9.17, 15) is 9.59 Å². The van der Waals surface area contributed by atoms with Crippen LogP contribution in [-0.4, -0.2) is 45.0 Å². The van der Waals surface area contributed by atoms with Crippen LogP contribution in [0.1, 0.15) is 54.2 Å². The Balaban J connectivity index is 2.32. The van der Waals surface area contributed by atoms with Crippen LogP contribution in [0.25, 0.3) is 0 Å². The van der Waals surface area contributed by atoms with Crippen molar-refractivity contribution >= 4 is 32.6 Å². The number of rotatable bonds is 6. The van der Waals surface area contributed by atoms with Gasteiger partial charge in [0.2, 0.25) is 0 Å². The lowest BCUT2D eigenvalue weighted by Gasteiger charge is -2.40. The molecule has 1 N–H and O–H groups in total. The summed E-state index contributed by atoms with van der Waals surface area (Å²) in [6, 6.07) is 0. The molecule has 0 bridgehead atoms. The van der Waals surface area contributed by atoms with E-state index in [0.717, 1.165) is 0 Å². The second kappa shape index (κ2) is 9.02. The fourth-order valence-corrected chi connectivity index (χ4v) is 5.57. The molecule has 0 amide bonds. The second-order valence-corrected chi connectivity index (χ2v) is 21.9. The van der Waals surface area contributed by atoms with Crippen molar-refractivity contribution in [3.63, 3.8) is 0 Å². The monoisotopic (exact) mass is 534 g/mol. The molecule has 1 saturated heterocycles. The maximum absolute atomic E-state index is 12.4. The van der Waals surface area contributed by atoms with Gasteiger partial charge in [-0.2, -0.15) is 0 Å². The van der Waals surface area contributed by atoms with Gasteiger partial charge < -0.3 is 13.6 Å². The van der Waals surface area contributed by atoms with Crippen LogP contribution in [-0.2, 0) is 13.6 Å². The van der Waals surface area contributed by atoms with E-state index in [1.807, 2.05) is 0 Å². The Morgan fingerprint density at radius 3 is 2.16 bits per heavy atom. The molecular weight excluding hydrogens is 496 g/mol. The van der Waals surface area contributed by atoms with E-state index >= 15 is 0 Å². The molecule has 2 rings (SSSR count). The molecule has 7 nitrogen and oxygen atoms in total. The number of ether oxygens (including phenoxy) is 1. The van der Waals surface area contributed by atoms with Crippen LogP contribution in [0.5, 0.6) is 0 Å². The normalized spacial score (nSPS) is 23.4. The summed E-state index contributed by atoms with van der Waals surface area (Å²) in [6.45, 7) is 22.5. The summed E-state index contributed by atoms with van der Waals surface area (Å²) in [4.78, 5) is 26.5. The highest BCUT2D eigenvalue weighted by Crippen LogP contribution is 2.42. The van der Waals surface area contributed by atoms with Crippen LogP contribution in [0.3, 0.4) is 0 Å². The number of aromatic nitrogens is 2. The quantitative estimate of drug-likeness (QED) is 0.519. The van der Waals surface area contributed by atoms with Crippen molar-refractivity contribution in [3.05, 3.63) is 31.5 Å². The zero-order chi connectivity index (χ0) is 24.0. The highest BCUT2D eigenvalue weighted by atomic mass is 79.9. The zero-order valence-electron chi connectivity index (χ0n) is 20.6. The minimum atomic E-state index is -2.07. The molecule has 2 heterocycles. The van der Waals surface area contributed by atoms with E-state index in [4.69, 9.17) is 13.6 Å². The van der Waals surface area contributed by atoms with Crippen LogP contribution in [0, 0.1) is 0 Å². The van der Waals surface area contributed by atoms with Gasteiger partial charge in [-0.1, -0.05) is 41.5 Å². The van der Waals surface area contributed by atoms with Gasteiger partial charge in [-0.25, -0.2) is 4.79 Å². The molecule has 0 saturated carbocycles. The van der Waals surface area contributed by atoms with E-state index in [-0.39, 0.29) is 22.3 Å². The second-order valence-electron chi connectivity index (χ2n) is 11.5. The summed E-state index contributed by atoms with van der Waals surface area (Å²) in [5, 5.41) is 0.134. The lowest BCUT2D eigenvalue weighted by Crippen LogP contribution is -2.48. The largest absolute Gasteiger partial charge is 0.414 e. The lowest BCUT2D eigenvalue weighted by molar-refractivity contribution is -0.0413. The molecule has 0 aliphatic carbocycles. The third-order valence-corrected chi connectivity index (χ3v) is 16.7. The molecule has 1 aliphatic heterocycles. The smallest absolute Gasteiger partial charge is 0.330 e. The number of H-pyrrole nitrogens is 1. The third-order valence-electron chi connectivity index (χ3n) is 7.08. The highest BCUT2D eigenvalue weighted by Gasteiger charge is 2.46. The van der Waals surface area contributed by atoms with Crippen molar-refractivity contribution in [3.8, 4) is 0 Å². The summed E-state index contributed by atoms with van der Waals surface area (Å²) >= 11 is 3.21. The van der Waals surface area contributed by atoms with E-state index in [2.05, 4.69) is 88.6 Å². The number of hydrogen-bond donors (Lipinski definition) is 1. The number of hydrogen-bond acceptors (Lipinski definition) is 5. The molecule has 10 heteroatoms. The van der Waals surface area contributed by atoms with Gasteiger partial charge >= 0.3 is 5.69 Å². The molecule has 178 valence electrons. The molecule has 31 heavy (non-hydrogen) atoms. The Morgan fingerprint density at radius 1 is 1.10 bits per heavy atom. The van der Waals surface area contributed by atoms with Crippen molar-refractivity contribution in [2.24, 2.45) is 0 Å². The van der Waals surface area contributed by atoms with E-state index in [1.54, 1.807) is 0 Å². The lowest BCUT2D eigenvalue weighted by atomic mass is 10.2. The highest BCUT2D eigenvalue weighted by molar-refractivity contribution is 9.10. The average Bonchev–Trinajstić information content (AvgIpc) is 2.96. The molecule has 1 fully saturated rings. The van der Waals surface area contributed by atoms with Crippen LogP contribution in [0.4, 0.5) is 0 Å². The van der Waals surface area contributed by atoms with E-state index in [0.29, 0.717) is 17.5 Å². The standard InChI is InChI=1S/C21H39BrN2O5Si2/c1-20(2,3)30(7,8)27-13-16-15(29-31(9,10)21(4,5)6)11-17(28-16)24-12-14(22)18(25)23-19(24)26/h12,15-17H,11,13H2,1-10H3,(H,23,25,26)/t15-,16+,17+/m0/s1. The minimum absolute atomic E-state index is 0.0494. The Labute approximate surface area is 196 Å². The third kappa shape index (κ3) is 6.08. The summed E-state index contributed by atoms with van der Waals surface area (Å²) in [7, 11) is -4.04. The molecule has 1 aromatic rings. The van der Waals surface area contributed by atoms with Crippen molar-refractivity contribution in [2.75, 3.05) is 6.61 Å². The van der Waals surface area contributed by atoms with Crippen molar-refractivity contribution < 1.29 is 13.6 Å². The zero-order valence-corrected chi connectivity index (χ0v) is 24.2. The Kier molecular flexibility index (Phi) is 7.77. The van der Waals surface area contributed by atoms with E-state index < -0.39 is 34.1 Å². The number of halogens is 1. The summed E-state index contributed by atoms with van der Waals surface area (Å²) in [6.07, 6.45) is 1.02. The molecule has 0 unspecified atom stereocenters. The molecule has 0 radical (unpaired) electrons. The van der Waals surface area contributed by atoms with Gasteiger partial charge in [-0.05, 0) is 52.2 Å². The number of aromatic amines is 1. The summed E-state index contributed by atoms with van der Waals surface area (Å²) < 4.78 is 21.2. The minimum Gasteiger partial charge on any atom is -0.414 e. The van der Waals surface area contributed by atoms with Gasteiger partial charge in [0.15, 0.2) is 16.6 Å². The molecule has 0 spiro atoms. The first-order valence-electron chi connectivity index (χ1n) is 10.8.